The Morgan fingerprint density at radius 3 is 0.799 bits per heavy atom. The molecule has 8 unspecified atom stereocenters. The first kappa shape index (κ1) is 142. The van der Waals surface area contributed by atoms with Crippen LogP contribution in [0.1, 0.15) is 221 Å². The summed E-state index contributed by atoms with van der Waals surface area (Å²) in [5, 5.41) is 119. The molecule has 0 saturated carbocycles. The summed E-state index contributed by atoms with van der Waals surface area (Å²) in [5.41, 5.74) is 11.8. The fourth-order valence-electron chi connectivity index (χ4n) is 12.4. The highest BCUT2D eigenvalue weighted by Crippen LogP contribution is 2.21. The molecule has 0 radical (unpaired) electrons. The molecule has 4 aromatic rings. The molecule has 4 rings (SSSR count). The number of nitrogens with two attached hydrogens (primary N) is 2. The fourth-order valence-corrected chi connectivity index (χ4v) is 12.4. The standard InChI is InChI=1S/C23H38N4O6.C23H36N4O6.C18H30N4O4.C18H28N4O4.C13H26N2O6.C2H6.3ClH/c2*1-7-11-16(25-22(32)33-23(2,3)4)19(29)20(30)24-14-17(28)26-18(21(31)27(5)6)15-12-9-8-10-13-15;2*1-4-8-13(19)16(24)17(25)20-11-14(23)21-15(18(26)22(2)3)12-9-6-5-7-10-12;1-5-6-8(15-12(20)21-13(2,3)4)10(18)11(19)14-7-9(16)17;1-2;;;/h8-10,12-13,16,18-20,24,29-30H,7,11,14H2,1-6H3,(H,25,32)(H,26,28);8-10,12-13,16,18,20,24,30H,7,11,14H2,1-6H3,(H,25,32)(H,26,28);5-7,9-10,13,15-17,20,24-25H,4,8,11,19H2,1-3H3,(H,21,23);5-7,9-10,13,15,17,20,25H,4,8,11,19H2,1-3H3,(H,21,23);8,10-11,14,18-19H,5-7H2,1-4H3,(H,15,20)(H,16,17);1-2H3;3*1H/t16?,18-,19?,20-;16?,18-,20-;13?,15-,16?,17-;13?,15-,17-;8?,10?,11-;;;;/m00000..../s1. The molecule has 0 aliphatic heterocycles. The number of rotatable bonds is 50. The van der Waals surface area contributed by atoms with Gasteiger partial charge in [0.1, 0.15) is 78.0 Å². The van der Waals surface area contributed by atoms with Gasteiger partial charge < -0.3 is 128 Å². The first-order valence-corrected chi connectivity index (χ1v) is 46.9. The number of carboxylic acids is 1. The molecular formula is C97H167Cl3N18O26. The van der Waals surface area contributed by atoms with Gasteiger partial charge in [0.05, 0.1) is 56.9 Å². The zero-order chi connectivity index (χ0) is 108. The zero-order valence-corrected chi connectivity index (χ0v) is 90.1. The van der Waals surface area contributed by atoms with Gasteiger partial charge in [0.25, 0.3) is 0 Å². The van der Waals surface area contributed by atoms with E-state index in [4.69, 9.17) is 30.8 Å². The Morgan fingerprint density at radius 2 is 0.556 bits per heavy atom. The van der Waals surface area contributed by atoms with Crippen LogP contribution in [0.25, 0.3) is 0 Å². The molecule has 0 aliphatic rings. The van der Waals surface area contributed by atoms with Crippen molar-refractivity contribution in [3.63, 3.8) is 0 Å². The Balaban J connectivity index is -0.000000558. The summed E-state index contributed by atoms with van der Waals surface area (Å²) in [6.45, 7) is 26.9. The number of Topliss-reactive ketones (excluding diaryl/α,β-unsaturated/α-hetero) is 2. The summed E-state index contributed by atoms with van der Waals surface area (Å²) in [4.78, 5) is 175. The van der Waals surface area contributed by atoms with Crippen molar-refractivity contribution in [1.29, 1.82) is 0 Å². The van der Waals surface area contributed by atoms with Gasteiger partial charge in [0.2, 0.25) is 47.3 Å². The number of nitrogens with one attached hydrogen (secondary N) is 12. The van der Waals surface area contributed by atoms with Crippen molar-refractivity contribution in [3.8, 4) is 0 Å². The molecule has 822 valence electrons. The average molecular weight is 2110 g/mol. The molecule has 0 fully saturated rings. The number of carboxylic acid groups (broad SMARTS) is 1. The van der Waals surface area contributed by atoms with Gasteiger partial charge in [-0.3, -0.25) is 79.3 Å². The largest absolute Gasteiger partial charge is 0.480 e. The third-order valence-electron chi connectivity index (χ3n) is 19.4. The second-order valence-electron chi connectivity index (χ2n) is 36.2. The van der Waals surface area contributed by atoms with E-state index in [1.54, 1.807) is 228 Å². The third kappa shape index (κ3) is 60.5. The van der Waals surface area contributed by atoms with E-state index in [1.165, 1.54) is 19.6 Å². The highest BCUT2D eigenvalue weighted by molar-refractivity contribution is 5.94. The normalized spacial score (nSPS) is 14.4. The molecule has 4 aromatic carbocycles. The van der Waals surface area contributed by atoms with Crippen LogP contribution in [0.5, 0.6) is 0 Å². The van der Waals surface area contributed by atoms with Crippen LogP contribution in [0.15, 0.2) is 121 Å². The highest BCUT2D eigenvalue weighted by Gasteiger charge is 2.36. The van der Waals surface area contributed by atoms with E-state index in [-0.39, 0.29) is 86.9 Å². The van der Waals surface area contributed by atoms with Crippen LogP contribution in [0.2, 0.25) is 0 Å². The van der Waals surface area contributed by atoms with Crippen molar-refractivity contribution in [2.75, 3.05) is 89.1 Å². The fraction of sp³-hybridized carbons (Fsp3) is 0.608. The van der Waals surface area contributed by atoms with E-state index in [9.17, 15) is 108 Å². The lowest BCUT2D eigenvalue weighted by Gasteiger charge is -2.29. The molecular weight excluding hydrogens is 1940 g/mol. The van der Waals surface area contributed by atoms with Gasteiger partial charge >= 0.3 is 24.2 Å². The van der Waals surface area contributed by atoms with Crippen molar-refractivity contribution in [1.82, 2.24) is 83.4 Å². The number of amides is 11. The van der Waals surface area contributed by atoms with Gasteiger partial charge in [-0.2, -0.15) is 0 Å². The number of benzene rings is 4. The maximum Gasteiger partial charge on any atom is 0.408 e. The predicted octanol–water partition coefficient (Wildman–Crippen LogP) is 3.19. The molecule has 17 atom stereocenters. The number of aliphatic carboxylic acids is 1. The summed E-state index contributed by atoms with van der Waals surface area (Å²) < 4.78 is 15.5. The average Bonchev–Trinajstić information content (AvgIpc) is 0.853. The lowest BCUT2D eigenvalue weighted by Crippen LogP contribution is -2.55. The predicted molar refractivity (Wildman–Crippen MR) is 553 cm³/mol. The van der Waals surface area contributed by atoms with Crippen LogP contribution in [0.4, 0.5) is 14.4 Å². The summed E-state index contributed by atoms with van der Waals surface area (Å²) in [6.07, 6.45) is -8.17. The van der Waals surface area contributed by atoms with E-state index >= 15 is 0 Å². The molecule has 144 heavy (non-hydrogen) atoms. The number of hydrogen-bond acceptors (Lipinski definition) is 32. The molecule has 25 N–H and O–H groups in total. The minimum atomic E-state index is -1.69. The van der Waals surface area contributed by atoms with Crippen molar-refractivity contribution < 1.29 is 127 Å². The monoisotopic (exact) mass is 2110 g/mol. The Kier molecular flexibility index (Phi) is 74.2. The van der Waals surface area contributed by atoms with Gasteiger partial charge in [-0.15, -0.1) is 37.2 Å². The summed E-state index contributed by atoms with van der Waals surface area (Å²) >= 11 is 0. The van der Waals surface area contributed by atoms with Crippen molar-refractivity contribution in [3.05, 3.63) is 144 Å². The van der Waals surface area contributed by atoms with E-state index in [2.05, 4.69) is 63.8 Å². The number of aliphatic hydroxyl groups excluding tert-OH is 8. The molecule has 47 heteroatoms. The minimum absolute atomic E-state index is 0. The smallest absolute Gasteiger partial charge is 0.408 e. The molecule has 0 saturated heterocycles. The second kappa shape index (κ2) is 75.3. The molecule has 0 spiro atoms. The lowest BCUT2D eigenvalue weighted by atomic mass is 10.0. The molecule has 0 aromatic heterocycles. The van der Waals surface area contributed by atoms with Crippen molar-refractivity contribution in [2.24, 2.45) is 11.5 Å². The molecule has 44 nitrogen and oxygen atoms in total. The Morgan fingerprint density at radius 1 is 0.319 bits per heavy atom. The maximum absolute atomic E-state index is 12.6. The zero-order valence-electron chi connectivity index (χ0n) is 87.6. The number of alkyl carbamates (subject to hydrolysis) is 3. The first-order chi connectivity index (χ1) is 65.8. The van der Waals surface area contributed by atoms with E-state index in [0.717, 1.165) is 6.42 Å². The minimum Gasteiger partial charge on any atom is -0.480 e. The molecule has 11 amide bonds. The van der Waals surface area contributed by atoms with Gasteiger partial charge in [-0.25, -0.2) is 14.4 Å². The van der Waals surface area contributed by atoms with Gasteiger partial charge in [-0.05, 0) is 117 Å². The Bertz CT molecular complexity index is 4340. The van der Waals surface area contributed by atoms with Crippen molar-refractivity contribution >= 4 is 120 Å². The van der Waals surface area contributed by atoms with E-state index in [1.807, 2.05) is 60.6 Å². The number of carbonyl (C=O) groups is 14. The lowest BCUT2D eigenvalue weighted by molar-refractivity contribution is -0.137. The van der Waals surface area contributed by atoms with Gasteiger partial charge in [-0.1, -0.05) is 202 Å². The van der Waals surface area contributed by atoms with Crippen LogP contribution < -0.4 is 75.3 Å². The van der Waals surface area contributed by atoms with Gasteiger partial charge in [0, 0.05) is 62.4 Å². The summed E-state index contributed by atoms with van der Waals surface area (Å²) in [5.74, 6) is -5.74. The topological polar surface area (TPSA) is 658 Å². The van der Waals surface area contributed by atoms with E-state index < -0.39 is 193 Å². The molecule has 0 aliphatic carbocycles. The number of hydrogen-bond donors (Lipinski definition) is 23. The molecule has 0 heterocycles. The summed E-state index contributed by atoms with van der Waals surface area (Å²) in [6, 6.07) is 27.9. The highest BCUT2D eigenvalue weighted by atomic mass is 35.5. The van der Waals surface area contributed by atoms with E-state index in [0.29, 0.717) is 73.6 Å². The van der Waals surface area contributed by atoms with Crippen molar-refractivity contribution in [2.45, 2.75) is 296 Å². The number of nitrogens with zero attached hydrogens (tertiary/aromatic N) is 4. The second-order valence-corrected chi connectivity index (χ2v) is 36.2. The van der Waals surface area contributed by atoms with Crippen LogP contribution in [-0.2, 0) is 67.0 Å². The van der Waals surface area contributed by atoms with Crippen LogP contribution >= 0.6 is 37.2 Å². The number of aliphatic hydroxyl groups is 8. The summed E-state index contributed by atoms with van der Waals surface area (Å²) in [7, 11) is 12.8. The number of likely N-dealkylation sites (N-methyl/N-ethyl adjacent to an activating group) is 4. The van der Waals surface area contributed by atoms with Gasteiger partial charge in [0.15, 0.2) is 24.0 Å². The maximum atomic E-state index is 12.6. The number of ketones is 2. The number of ether oxygens (including phenoxy) is 3. The first-order valence-electron chi connectivity index (χ1n) is 46.9. The van der Waals surface area contributed by atoms with Crippen LogP contribution in [0, 0.1) is 0 Å². The Labute approximate surface area is 866 Å². The van der Waals surface area contributed by atoms with Crippen LogP contribution in [-0.4, -0.2) is 334 Å². The Hall–Kier alpha value is -10.5. The number of carbonyl (C=O) groups excluding carboxylic acids is 13. The SMILES string of the molecule is CC.CCCC(N)C(=O)[C@H](O)NCC(=O)N[C@H](C(=O)N(C)C)c1ccccc1.CCCC(N)C(O)[C@H](O)NCC(=O)N[C@H](C(=O)N(C)C)c1ccccc1.CCCC(NC(=O)OC(C)(C)C)C(=O)[C@H](O)NCC(=O)N[C@H](C(=O)N(C)C)c1ccccc1.CCCC(NC(=O)OC(C)(C)C)C(O)[C@H](O)NCC(=O)N[C@H](C(=O)N(C)C)c1ccccc1.CCCC(NC(=O)OC(C)(C)C)C(O)[C@H](O)NCC(=O)O.Cl.Cl.Cl. The number of halogens is 3. The quantitative estimate of drug-likeness (QED) is 0.0223. The molecule has 0 bridgehead atoms. The van der Waals surface area contributed by atoms with Crippen LogP contribution in [0.3, 0.4) is 0 Å². The third-order valence-corrected chi connectivity index (χ3v) is 19.4.